The summed E-state index contributed by atoms with van der Waals surface area (Å²) in [4.78, 5) is 0. The lowest BCUT2D eigenvalue weighted by atomic mass is 10.0. The molecule has 5 nitrogen and oxygen atoms in total. The highest BCUT2D eigenvalue weighted by atomic mass is 32.2. The first-order valence-corrected chi connectivity index (χ1v) is 6.11. The monoisotopic (exact) mass is 228 g/mol. The van der Waals surface area contributed by atoms with Crippen molar-refractivity contribution < 1.29 is 13.5 Å². The van der Waals surface area contributed by atoms with Crippen molar-refractivity contribution in [2.75, 3.05) is 6.54 Å². The molecule has 15 heavy (non-hydrogen) atoms. The summed E-state index contributed by atoms with van der Waals surface area (Å²) in [5.74, 6) is 0.176. The van der Waals surface area contributed by atoms with Crippen LogP contribution in [0.2, 0.25) is 0 Å². The molecule has 6 heteroatoms. The fourth-order valence-corrected chi connectivity index (χ4v) is 2.67. The van der Waals surface area contributed by atoms with E-state index in [1.54, 1.807) is 24.3 Å². The minimum atomic E-state index is -3.35. The second-order valence-electron chi connectivity index (χ2n) is 3.45. The van der Waals surface area contributed by atoms with E-state index < -0.39 is 10.2 Å². The van der Waals surface area contributed by atoms with Crippen molar-refractivity contribution in [2.24, 2.45) is 0 Å². The molecule has 1 aliphatic heterocycles. The maximum Gasteiger partial charge on any atom is 0.277 e. The van der Waals surface area contributed by atoms with Gasteiger partial charge in [0.25, 0.3) is 10.2 Å². The molecule has 82 valence electrons. The summed E-state index contributed by atoms with van der Waals surface area (Å²) in [7, 11) is -3.35. The first-order chi connectivity index (χ1) is 7.07. The van der Waals surface area contributed by atoms with Gasteiger partial charge in [-0.1, -0.05) is 12.1 Å². The van der Waals surface area contributed by atoms with Crippen LogP contribution in [0, 0.1) is 0 Å². The molecular formula is C9H12N2O3S. The van der Waals surface area contributed by atoms with Crippen LogP contribution in [0.3, 0.4) is 0 Å². The molecule has 0 aromatic heterocycles. The molecule has 1 aliphatic rings. The number of rotatable bonds is 1. The summed E-state index contributed by atoms with van der Waals surface area (Å²) in [5.41, 5.74) is 0.859. The SMILES string of the molecule is O=S1(=O)NCCC(c2ccc(O)cc2)N1. The second-order valence-corrected chi connectivity index (χ2v) is 4.98. The molecule has 2 rings (SSSR count). The van der Waals surface area contributed by atoms with Gasteiger partial charge in [-0.25, -0.2) is 4.72 Å². The summed E-state index contributed by atoms with van der Waals surface area (Å²) in [6.45, 7) is 0.431. The summed E-state index contributed by atoms with van der Waals surface area (Å²) in [5, 5.41) is 9.11. The van der Waals surface area contributed by atoms with Crippen LogP contribution in [0.5, 0.6) is 5.75 Å². The standard InChI is InChI=1S/C9H12N2O3S/c12-8-3-1-7(2-4-8)9-5-6-10-15(13,14)11-9/h1-4,9-12H,5-6H2. The highest BCUT2D eigenvalue weighted by Crippen LogP contribution is 2.21. The Morgan fingerprint density at radius 2 is 1.93 bits per heavy atom. The third kappa shape index (κ3) is 2.47. The zero-order valence-corrected chi connectivity index (χ0v) is 8.79. The number of benzene rings is 1. The average molecular weight is 228 g/mol. The topological polar surface area (TPSA) is 78.4 Å². The largest absolute Gasteiger partial charge is 0.508 e. The normalized spacial score (nSPS) is 24.9. The minimum absolute atomic E-state index is 0.176. The molecular weight excluding hydrogens is 216 g/mol. The van der Waals surface area contributed by atoms with E-state index in [0.717, 1.165) is 5.56 Å². The lowest BCUT2D eigenvalue weighted by Crippen LogP contribution is -2.45. The Balaban J connectivity index is 2.21. The van der Waals surface area contributed by atoms with Gasteiger partial charge in [-0.2, -0.15) is 13.1 Å². The Morgan fingerprint density at radius 1 is 1.27 bits per heavy atom. The predicted molar refractivity (Wildman–Crippen MR) is 55.5 cm³/mol. The summed E-state index contributed by atoms with van der Waals surface area (Å²) in [6.07, 6.45) is 0.698. The van der Waals surface area contributed by atoms with Crippen LogP contribution in [0.25, 0.3) is 0 Å². The van der Waals surface area contributed by atoms with Gasteiger partial charge >= 0.3 is 0 Å². The molecule has 1 aromatic rings. The second kappa shape index (κ2) is 3.80. The highest BCUT2D eigenvalue weighted by molar-refractivity contribution is 7.87. The summed E-state index contributed by atoms with van der Waals surface area (Å²) >= 11 is 0. The molecule has 0 radical (unpaired) electrons. The maximum absolute atomic E-state index is 11.2. The molecule has 1 heterocycles. The molecule has 1 unspecified atom stereocenters. The lowest BCUT2D eigenvalue weighted by molar-refractivity contribution is 0.473. The Morgan fingerprint density at radius 3 is 2.53 bits per heavy atom. The summed E-state index contributed by atoms with van der Waals surface area (Å²) < 4.78 is 27.3. The van der Waals surface area contributed by atoms with Crippen LogP contribution < -0.4 is 9.44 Å². The number of nitrogens with one attached hydrogen (secondary N) is 2. The van der Waals surface area contributed by atoms with Crippen molar-refractivity contribution >= 4 is 10.2 Å². The number of hydrogen-bond donors (Lipinski definition) is 3. The number of aromatic hydroxyl groups is 1. The molecule has 0 saturated carbocycles. The van der Waals surface area contributed by atoms with Crippen molar-refractivity contribution in [3.05, 3.63) is 29.8 Å². The van der Waals surface area contributed by atoms with Crippen molar-refractivity contribution in [1.82, 2.24) is 9.44 Å². The van der Waals surface area contributed by atoms with E-state index in [4.69, 9.17) is 5.11 Å². The fraction of sp³-hybridized carbons (Fsp3) is 0.333. The Kier molecular flexibility index (Phi) is 2.64. The van der Waals surface area contributed by atoms with Gasteiger partial charge < -0.3 is 5.11 Å². The van der Waals surface area contributed by atoms with Gasteiger partial charge in [0.2, 0.25) is 0 Å². The molecule has 0 aliphatic carbocycles. The molecule has 1 aromatic carbocycles. The van der Waals surface area contributed by atoms with Crippen LogP contribution in [-0.2, 0) is 10.2 Å². The van der Waals surface area contributed by atoms with E-state index in [2.05, 4.69) is 9.44 Å². The quantitative estimate of drug-likeness (QED) is 0.645. The molecule has 0 spiro atoms. The molecule has 1 fully saturated rings. The van der Waals surface area contributed by atoms with Gasteiger partial charge in [0.05, 0.1) is 0 Å². The van der Waals surface area contributed by atoms with Crippen LogP contribution >= 0.6 is 0 Å². The number of hydrogen-bond acceptors (Lipinski definition) is 3. The van der Waals surface area contributed by atoms with Crippen molar-refractivity contribution in [2.45, 2.75) is 12.5 Å². The van der Waals surface area contributed by atoms with Crippen molar-refractivity contribution in [3.8, 4) is 5.75 Å². The van der Waals surface area contributed by atoms with E-state index in [0.29, 0.717) is 13.0 Å². The Bertz CT molecular complexity index is 441. The van der Waals surface area contributed by atoms with E-state index in [9.17, 15) is 8.42 Å². The van der Waals surface area contributed by atoms with Crippen LogP contribution in [0.1, 0.15) is 18.0 Å². The van der Waals surface area contributed by atoms with Crippen molar-refractivity contribution in [3.63, 3.8) is 0 Å². The van der Waals surface area contributed by atoms with Gasteiger partial charge in [-0.05, 0) is 24.1 Å². The van der Waals surface area contributed by atoms with Crippen molar-refractivity contribution in [1.29, 1.82) is 0 Å². The van der Waals surface area contributed by atoms with E-state index in [1.165, 1.54) is 0 Å². The van der Waals surface area contributed by atoms with Crippen LogP contribution in [-0.4, -0.2) is 20.1 Å². The molecule has 0 bridgehead atoms. The summed E-state index contributed by atoms with van der Waals surface area (Å²) in [6, 6.07) is 6.32. The third-order valence-electron chi connectivity index (χ3n) is 2.32. The van der Waals surface area contributed by atoms with Gasteiger partial charge in [0.1, 0.15) is 5.75 Å². The molecule has 3 N–H and O–H groups in total. The lowest BCUT2D eigenvalue weighted by Gasteiger charge is -2.24. The van der Waals surface area contributed by atoms with E-state index >= 15 is 0 Å². The van der Waals surface area contributed by atoms with Gasteiger partial charge in [-0.3, -0.25) is 0 Å². The molecule has 0 amide bonds. The third-order valence-corrected chi connectivity index (χ3v) is 3.50. The van der Waals surface area contributed by atoms with Gasteiger partial charge in [-0.15, -0.1) is 0 Å². The highest BCUT2D eigenvalue weighted by Gasteiger charge is 2.23. The average Bonchev–Trinajstić information content (AvgIpc) is 2.17. The first kappa shape index (κ1) is 10.4. The smallest absolute Gasteiger partial charge is 0.277 e. The first-order valence-electron chi connectivity index (χ1n) is 4.63. The zero-order chi connectivity index (χ0) is 10.9. The molecule has 1 saturated heterocycles. The van der Waals surface area contributed by atoms with Crippen LogP contribution in [0.4, 0.5) is 0 Å². The zero-order valence-electron chi connectivity index (χ0n) is 7.97. The van der Waals surface area contributed by atoms with Gasteiger partial charge in [0, 0.05) is 12.6 Å². The predicted octanol–water partition coefficient (Wildman–Crippen LogP) is 0.261. The Hall–Kier alpha value is -1.11. The van der Waals surface area contributed by atoms with Crippen LogP contribution in [0.15, 0.2) is 24.3 Å². The molecule has 1 atom stereocenters. The number of phenols is 1. The van der Waals surface area contributed by atoms with E-state index in [-0.39, 0.29) is 11.8 Å². The fourth-order valence-electron chi connectivity index (χ4n) is 1.57. The number of phenolic OH excluding ortho intramolecular Hbond substituents is 1. The maximum atomic E-state index is 11.2. The Labute approximate surface area is 88.3 Å². The van der Waals surface area contributed by atoms with E-state index in [1.807, 2.05) is 0 Å². The van der Waals surface area contributed by atoms with Gasteiger partial charge in [0.15, 0.2) is 0 Å². The minimum Gasteiger partial charge on any atom is -0.508 e.